The molecule has 0 saturated carbocycles. The molecule has 1 unspecified atom stereocenters. The van der Waals surface area contributed by atoms with Gasteiger partial charge in [0.25, 0.3) is 0 Å². The Kier molecular flexibility index (Phi) is 3.74. The molecule has 1 nitrogen and oxygen atoms in total. The predicted molar refractivity (Wildman–Crippen MR) is 83.8 cm³/mol. The number of fused-ring (bicyclic) bond motifs is 1. The summed E-state index contributed by atoms with van der Waals surface area (Å²) in [6.07, 6.45) is 0. The molecule has 0 fully saturated rings. The van der Waals surface area contributed by atoms with Crippen LogP contribution >= 0.6 is 11.3 Å². The van der Waals surface area contributed by atoms with Crippen molar-refractivity contribution in [1.29, 1.82) is 0 Å². The van der Waals surface area contributed by atoms with Crippen molar-refractivity contribution in [2.45, 2.75) is 13.0 Å². The highest BCUT2D eigenvalue weighted by molar-refractivity contribution is 7.19. The van der Waals surface area contributed by atoms with Gasteiger partial charge in [0, 0.05) is 9.58 Å². The maximum atomic E-state index is 13.5. The largest absolute Gasteiger partial charge is 0.309 e. The van der Waals surface area contributed by atoms with E-state index in [4.69, 9.17) is 0 Å². The second-order valence-corrected chi connectivity index (χ2v) is 6.17. The monoisotopic (exact) mass is 303 g/mol. The number of nitrogens with one attached hydrogen (secondary N) is 1. The highest BCUT2D eigenvalue weighted by atomic mass is 32.1. The molecule has 1 heterocycles. The summed E-state index contributed by atoms with van der Waals surface area (Å²) in [5.74, 6) is -0.484. The van der Waals surface area contributed by atoms with Crippen molar-refractivity contribution in [2.75, 3.05) is 7.05 Å². The van der Waals surface area contributed by atoms with Crippen molar-refractivity contribution in [3.8, 4) is 0 Å². The minimum absolute atomic E-state index is 0.0961. The third-order valence-electron chi connectivity index (χ3n) is 3.63. The quantitative estimate of drug-likeness (QED) is 0.733. The van der Waals surface area contributed by atoms with Crippen molar-refractivity contribution in [1.82, 2.24) is 5.32 Å². The van der Waals surface area contributed by atoms with Crippen LogP contribution in [-0.2, 0) is 0 Å². The molecule has 1 N–H and O–H groups in total. The molecule has 0 saturated heterocycles. The molecule has 1 atom stereocenters. The molecule has 3 aromatic rings. The highest BCUT2D eigenvalue weighted by Gasteiger charge is 2.17. The summed E-state index contributed by atoms with van der Waals surface area (Å²) in [5, 5.41) is 4.23. The molecule has 3 rings (SSSR count). The van der Waals surface area contributed by atoms with E-state index in [1.165, 1.54) is 29.5 Å². The van der Waals surface area contributed by atoms with Crippen molar-refractivity contribution < 1.29 is 8.78 Å². The molecule has 0 amide bonds. The van der Waals surface area contributed by atoms with Crippen LogP contribution in [0.15, 0.2) is 42.5 Å². The molecular weight excluding hydrogens is 288 g/mol. The second kappa shape index (κ2) is 5.54. The Morgan fingerprint density at radius 3 is 2.48 bits per heavy atom. The molecule has 1 aromatic heterocycles. The first-order chi connectivity index (χ1) is 10.1. The molecule has 0 bridgehead atoms. The van der Waals surface area contributed by atoms with Gasteiger partial charge < -0.3 is 5.32 Å². The number of thiophene rings is 1. The normalized spacial score (nSPS) is 12.8. The van der Waals surface area contributed by atoms with Crippen molar-refractivity contribution in [3.05, 3.63) is 70.1 Å². The Bertz CT molecular complexity index is 795. The van der Waals surface area contributed by atoms with E-state index in [0.717, 1.165) is 26.1 Å². The van der Waals surface area contributed by atoms with Crippen LogP contribution in [0, 0.1) is 18.6 Å². The third kappa shape index (κ3) is 2.69. The Hall–Kier alpha value is -1.78. The van der Waals surface area contributed by atoms with E-state index in [-0.39, 0.29) is 17.7 Å². The lowest BCUT2D eigenvalue weighted by Crippen LogP contribution is -2.17. The molecule has 0 aliphatic rings. The Labute approximate surface area is 126 Å². The van der Waals surface area contributed by atoms with Crippen molar-refractivity contribution >= 4 is 21.4 Å². The summed E-state index contributed by atoms with van der Waals surface area (Å²) in [6.45, 7) is 1.96. The van der Waals surface area contributed by atoms with Crippen molar-refractivity contribution in [3.63, 3.8) is 0 Å². The van der Waals surface area contributed by atoms with Gasteiger partial charge in [-0.15, -0.1) is 11.3 Å². The van der Waals surface area contributed by atoms with E-state index in [9.17, 15) is 8.78 Å². The Balaban J connectivity index is 2.11. The van der Waals surface area contributed by atoms with Crippen LogP contribution in [0.1, 0.15) is 22.0 Å². The number of rotatable bonds is 3. The molecule has 108 valence electrons. The lowest BCUT2D eigenvalue weighted by atomic mass is 9.99. The second-order valence-electron chi connectivity index (χ2n) is 5.05. The molecule has 0 spiro atoms. The summed E-state index contributed by atoms with van der Waals surface area (Å²) in [5.41, 5.74) is 1.93. The van der Waals surface area contributed by atoms with Gasteiger partial charge in [0.2, 0.25) is 0 Å². The topological polar surface area (TPSA) is 12.0 Å². The zero-order valence-electron chi connectivity index (χ0n) is 11.8. The van der Waals surface area contributed by atoms with Crippen LogP contribution in [0.3, 0.4) is 0 Å². The summed E-state index contributed by atoms with van der Waals surface area (Å²) < 4.78 is 27.8. The van der Waals surface area contributed by atoms with Crippen molar-refractivity contribution in [2.24, 2.45) is 0 Å². The number of aryl methyl sites for hydroxylation is 1. The molecular formula is C17H15F2NS. The predicted octanol–water partition coefficient (Wildman–Crippen LogP) is 4.80. The lowest BCUT2D eigenvalue weighted by Gasteiger charge is -2.17. The van der Waals surface area contributed by atoms with E-state index in [2.05, 4.69) is 5.32 Å². The van der Waals surface area contributed by atoms with Crippen LogP contribution < -0.4 is 5.32 Å². The summed E-state index contributed by atoms with van der Waals surface area (Å²) in [7, 11) is 1.85. The Morgan fingerprint density at radius 2 is 1.71 bits per heavy atom. The van der Waals surface area contributed by atoms with Gasteiger partial charge in [0.05, 0.1) is 6.04 Å². The van der Waals surface area contributed by atoms with E-state index in [1.54, 1.807) is 18.2 Å². The van der Waals surface area contributed by atoms with E-state index < -0.39 is 0 Å². The highest BCUT2D eigenvalue weighted by Crippen LogP contribution is 2.34. The number of hydrogen-bond acceptors (Lipinski definition) is 2. The van der Waals surface area contributed by atoms with Crippen LogP contribution in [0.5, 0.6) is 0 Å². The lowest BCUT2D eigenvalue weighted by molar-refractivity contribution is 0.616. The Morgan fingerprint density at radius 1 is 1.00 bits per heavy atom. The summed E-state index contributed by atoms with van der Waals surface area (Å²) in [6, 6.07) is 11.5. The third-order valence-corrected chi connectivity index (χ3v) is 4.79. The molecule has 0 radical (unpaired) electrons. The SMILES string of the molecule is CNC(c1cc2ccc(F)cc2s1)c1cc(F)ccc1C. The van der Waals surface area contributed by atoms with Gasteiger partial charge >= 0.3 is 0 Å². The molecule has 0 aliphatic carbocycles. The van der Waals surface area contributed by atoms with Gasteiger partial charge in [-0.25, -0.2) is 8.78 Å². The van der Waals surface area contributed by atoms with Crippen LogP contribution in [0.25, 0.3) is 10.1 Å². The minimum atomic E-state index is -0.247. The first kappa shape index (κ1) is 14.2. The standard InChI is InChI=1S/C17H15F2NS/c1-10-3-5-12(18)8-14(10)17(20-2)16-7-11-4-6-13(19)9-15(11)21-16/h3-9,17,20H,1-2H3. The molecule has 2 aromatic carbocycles. The van der Waals surface area contributed by atoms with Crippen LogP contribution in [-0.4, -0.2) is 7.05 Å². The first-order valence-electron chi connectivity index (χ1n) is 6.71. The van der Waals surface area contributed by atoms with Gasteiger partial charge in [-0.3, -0.25) is 0 Å². The van der Waals surface area contributed by atoms with E-state index in [1.807, 2.05) is 20.0 Å². The number of hydrogen-bond donors (Lipinski definition) is 1. The molecule has 21 heavy (non-hydrogen) atoms. The number of benzene rings is 2. The minimum Gasteiger partial charge on any atom is -0.309 e. The fourth-order valence-electron chi connectivity index (χ4n) is 2.54. The van der Waals surface area contributed by atoms with Gasteiger partial charge in [-0.1, -0.05) is 12.1 Å². The van der Waals surface area contributed by atoms with Gasteiger partial charge in [-0.05, 0) is 60.8 Å². The zero-order valence-corrected chi connectivity index (χ0v) is 12.6. The smallest absolute Gasteiger partial charge is 0.124 e. The van der Waals surface area contributed by atoms with Gasteiger partial charge in [0.15, 0.2) is 0 Å². The summed E-state index contributed by atoms with van der Waals surface area (Å²) >= 11 is 1.53. The summed E-state index contributed by atoms with van der Waals surface area (Å²) in [4.78, 5) is 1.05. The average molecular weight is 303 g/mol. The zero-order chi connectivity index (χ0) is 15.0. The van der Waals surface area contributed by atoms with E-state index >= 15 is 0 Å². The van der Waals surface area contributed by atoms with Crippen LogP contribution in [0.4, 0.5) is 8.78 Å². The maximum absolute atomic E-state index is 13.5. The number of halogens is 2. The van der Waals surface area contributed by atoms with Gasteiger partial charge in [0.1, 0.15) is 11.6 Å². The fourth-order valence-corrected chi connectivity index (χ4v) is 3.76. The average Bonchev–Trinajstić information content (AvgIpc) is 2.86. The fraction of sp³-hybridized carbons (Fsp3) is 0.176. The molecule has 4 heteroatoms. The molecule has 0 aliphatic heterocycles. The van der Waals surface area contributed by atoms with Gasteiger partial charge in [-0.2, -0.15) is 0 Å². The maximum Gasteiger partial charge on any atom is 0.124 e. The van der Waals surface area contributed by atoms with Crippen LogP contribution in [0.2, 0.25) is 0 Å². The first-order valence-corrected chi connectivity index (χ1v) is 7.52. The van der Waals surface area contributed by atoms with E-state index in [0.29, 0.717) is 0 Å².